The summed E-state index contributed by atoms with van der Waals surface area (Å²) in [5, 5.41) is 10.9. The van der Waals surface area contributed by atoms with Crippen molar-refractivity contribution in [2.45, 2.75) is 25.2 Å². The summed E-state index contributed by atoms with van der Waals surface area (Å²) in [7, 11) is 0. The Bertz CT molecular complexity index is 436. The van der Waals surface area contributed by atoms with Crippen molar-refractivity contribution in [3.8, 4) is 0 Å². The highest BCUT2D eigenvalue weighted by Gasteiger charge is 2.10. The number of aryl methyl sites for hydroxylation is 1. The third-order valence-corrected chi connectivity index (χ3v) is 3.36. The topological polar surface area (TPSA) is 19.9 Å². The van der Waals surface area contributed by atoms with Crippen molar-refractivity contribution in [1.29, 1.82) is 0 Å². The lowest BCUT2D eigenvalue weighted by atomic mass is 9.90. The third-order valence-electron chi connectivity index (χ3n) is 3.36. The molecule has 2 aromatic rings. The minimum Gasteiger partial charge on any atom is -0.237 e. The molecule has 0 saturated carbocycles. The molecule has 0 saturated heterocycles. The first kappa shape index (κ1) is 12.8. The van der Waals surface area contributed by atoms with E-state index in [9.17, 15) is 5.11 Å². The zero-order valence-electron chi connectivity index (χ0n) is 10.6. The number of hydrogen-bond acceptors (Lipinski definition) is 0. The Hall–Kier alpha value is -1.60. The normalized spacial score (nSPS) is 12.3. The molecular formula is C17H19O. The van der Waals surface area contributed by atoms with Crippen LogP contribution in [0.4, 0.5) is 0 Å². The van der Waals surface area contributed by atoms with Crippen molar-refractivity contribution >= 4 is 0 Å². The van der Waals surface area contributed by atoms with Crippen molar-refractivity contribution in [2.75, 3.05) is 6.61 Å². The van der Waals surface area contributed by atoms with Crippen LogP contribution in [0.1, 0.15) is 29.9 Å². The molecule has 0 bridgehead atoms. The van der Waals surface area contributed by atoms with Crippen molar-refractivity contribution in [2.24, 2.45) is 0 Å². The summed E-state index contributed by atoms with van der Waals surface area (Å²) in [5.41, 5.74) is 2.65. The zero-order chi connectivity index (χ0) is 12.6. The maximum atomic E-state index is 10.9. The summed E-state index contributed by atoms with van der Waals surface area (Å²) in [6.45, 7) is 0.00828. The van der Waals surface area contributed by atoms with Gasteiger partial charge in [0.25, 0.3) is 0 Å². The molecule has 1 radical (unpaired) electrons. The van der Waals surface area contributed by atoms with Gasteiger partial charge in [0.2, 0.25) is 0 Å². The van der Waals surface area contributed by atoms with Gasteiger partial charge in [0.15, 0.2) is 0 Å². The van der Waals surface area contributed by atoms with E-state index in [-0.39, 0.29) is 6.61 Å². The van der Waals surface area contributed by atoms with Gasteiger partial charge in [-0.05, 0) is 36.3 Å². The Morgan fingerprint density at radius 3 is 2.00 bits per heavy atom. The summed E-state index contributed by atoms with van der Waals surface area (Å²) in [6, 6.07) is 20.9. The number of hydrogen-bond donors (Lipinski definition) is 0. The molecule has 0 aromatic heterocycles. The van der Waals surface area contributed by atoms with Crippen molar-refractivity contribution in [3.05, 3.63) is 71.8 Å². The monoisotopic (exact) mass is 239 g/mol. The molecule has 2 aromatic carbocycles. The molecular weight excluding hydrogens is 220 g/mol. The van der Waals surface area contributed by atoms with E-state index in [2.05, 4.69) is 48.5 Å². The van der Waals surface area contributed by atoms with Crippen LogP contribution in [0.2, 0.25) is 0 Å². The molecule has 1 nitrogen and oxygen atoms in total. The Morgan fingerprint density at radius 1 is 0.778 bits per heavy atom. The summed E-state index contributed by atoms with van der Waals surface area (Å²) in [6.07, 6.45) is 2.83. The van der Waals surface area contributed by atoms with Gasteiger partial charge in [-0.25, -0.2) is 5.11 Å². The van der Waals surface area contributed by atoms with Crippen molar-refractivity contribution < 1.29 is 5.11 Å². The zero-order valence-corrected chi connectivity index (χ0v) is 10.6. The van der Waals surface area contributed by atoms with Crippen LogP contribution in [-0.4, -0.2) is 6.61 Å². The minimum atomic E-state index is 0.00828. The molecule has 93 valence electrons. The molecule has 0 spiro atoms. The second-order valence-corrected chi connectivity index (χ2v) is 4.62. The molecule has 0 aliphatic rings. The Balaban J connectivity index is 1.99. The van der Waals surface area contributed by atoms with E-state index in [1.165, 1.54) is 11.1 Å². The molecule has 0 fully saturated rings. The van der Waals surface area contributed by atoms with E-state index >= 15 is 0 Å². The number of rotatable bonds is 6. The van der Waals surface area contributed by atoms with E-state index in [0.29, 0.717) is 5.92 Å². The van der Waals surface area contributed by atoms with Crippen LogP contribution in [0, 0.1) is 0 Å². The second kappa shape index (κ2) is 6.97. The quantitative estimate of drug-likeness (QED) is 0.719. The molecule has 0 N–H and O–H groups in total. The molecule has 2 rings (SSSR count). The fraction of sp³-hybridized carbons (Fsp3) is 0.294. The highest BCUT2D eigenvalue weighted by atomic mass is 16.3. The van der Waals surface area contributed by atoms with Crippen LogP contribution >= 0.6 is 0 Å². The largest absolute Gasteiger partial charge is 0.237 e. The summed E-state index contributed by atoms with van der Waals surface area (Å²) < 4.78 is 0. The van der Waals surface area contributed by atoms with Crippen LogP contribution in [0.5, 0.6) is 0 Å². The molecule has 0 aliphatic heterocycles. The van der Waals surface area contributed by atoms with Crippen LogP contribution in [0.25, 0.3) is 0 Å². The summed E-state index contributed by atoms with van der Waals surface area (Å²) in [5.74, 6) is 0.393. The number of benzene rings is 2. The van der Waals surface area contributed by atoms with E-state index in [4.69, 9.17) is 0 Å². The van der Waals surface area contributed by atoms with Gasteiger partial charge in [0.05, 0.1) is 6.61 Å². The van der Waals surface area contributed by atoms with Gasteiger partial charge in [0, 0.05) is 0 Å². The van der Waals surface area contributed by atoms with E-state index in [1.54, 1.807) is 0 Å². The SMILES string of the molecule is [O]CCC(CCc1ccccc1)c1ccccc1. The first-order valence-corrected chi connectivity index (χ1v) is 6.57. The highest BCUT2D eigenvalue weighted by molar-refractivity contribution is 5.21. The second-order valence-electron chi connectivity index (χ2n) is 4.62. The fourth-order valence-electron chi connectivity index (χ4n) is 2.33. The van der Waals surface area contributed by atoms with Gasteiger partial charge in [-0.15, -0.1) is 0 Å². The Kier molecular flexibility index (Phi) is 4.98. The molecule has 18 heavy (non-hydrogen) atoms. The van der Waals surface area contributed by atoms with E-state index in [0.717, 1.165) is 19.3 Å². The van der Waals surface area contributed by atoms with Gasteiger partial charge in [-0.1, -0.05) is 60.7 Å². The van der Waals surface area contributed by atoms with Gasteiger partial charge in [-0.2, -0.15) is 0 Å². The highest BCUT2D eigenvalue weighted by Crippen LogP contribution is 2.24. The maximum Gasteiger partial charge on any atom is 0.0828 e. The first-order chi connectivity index (χ1) is 8.90. The first-order valence-electron chi connectivity index (χ1n) is 6.57. The molecule has 0 heterocycles. The predicted molar refractivity (Wildman–Crippen MR) is 74.1 cm³/mol. The molecule has 0 aliphatic carbocycles. The van der Waals surface area contributed by atoms with Crippen LogP contribution < -0.4 is 0 Å². The fourth-order valence-corrected chi connectivity index (χ4v) is 2.33. The average molecular weight is 239 g/mol. The van der Waals surface area contributed by atoms with Crippen LogP contribution in [-0.2, 0) is 11.5 Å². The Morgan fingerprint density at radius 2 is 1.39 bits per heavy atom. The molecule has 1 unspecified atom stereocenters. The van der Waals surface area contributed by atoms with Gasteiger partial charge in [0.1, 0.15) is 0 Å². The molecule has 0 amide bonds. The summed E-state index contributed by atoms with van der Waals surface area (Å²) >= 11 is 0. The van der Waals surface area contributed by atoms with E-state index < -0.39 is 0 Å². The van der Waals surface area contributed by atoms with Crippen molar-refractivity contribution in [1.82, 2.24) is 0 Å². The van der Waals surface area contributed by atoms with Crippen LogP contribution in [0.15, 0.2) is 60.7 Å². The molecule has 1 heteroatoms. The lowest BCUT2D eigenvalue weighted by Gasteiger charge is -2.15. The lowest BCUT2D eigenvalue weighted by Crippen LogP contribution is -2.03. The van der Waals surface area contributed by atoms with Gasteiger partial charge >= 0.3 is 0 Å². The summed E-state index contributed by atoms with van der Waals surface area (Å²) in [4.78, 5) is 0. The predicted octanol–water partition coefficient (Wildman–Crippen LogP) is 4.22. The average Bonchev–Trinajstić information content (AvgIpc) is 2.45. The third kappa shape index (κ3) is 3.71. The van der Waals surface area contributed by atoms with E-state index in [1.807, 2.05) is 12.1 Å². The maximum absolute atomic E-state index is 10.9. The van der Waals surface area contributed by atoms with Gasteiger partial charge < -0.3 is 0 Å². The van der Waals surface area contributed by atoms with Crippen LogP contribution in [0.3, 0.4) is 0 Å². The van der Waals surface area contributed by atoms with Crippen molar-refractivity contribution in [3.63, 3.8) is 0 Å². The minimum absolute atomic E-state index is 0.00828. The lowest BCUT2D eigenvalue weighted by molar-refractivity contribution is 0.180. The molecule has 1 atom stereocenters. The smallest absolute Gasteiger partial charge is 0.0828 e. The standard InChI is InChI=1S/C17H19O/c18-14-13-17(16-9-5-2-6-10-16)12-11-15-7-3-1-4-8-15/h1-10,17H,11-14H2. The Labute approximate surface area is 109 Å². The van der Waals surface area contributed by atoms with Gasteiger partial charge in [-0.3, -0.25) is 0 Å².